The SMILES string of the molecule is Cl.O=c1cc(C2CCNCC2)n2ncc(Br)c2[nH]1. The van der Waals surface area contributed by atoms with Crippen LogP contribution in [0, 0.1) is 0 Å². The lowest BCUT2D eigenvalue weighted by atomic mass is 9.94. The summed E-state index contributed by atoms with van der Waals surface area (Å²) >= 11 is 3.39. The molecule has 0 aliphatic carbocycles. The van der Waals surface area contributed by atoms with E-state index in [0.717, 1.165) is 41.7 Å². The molecule has 3 heterocycles. The topological polar surface area (TPSA) is 62.2 Å². The molecular formula is C11H14BrClN4O. The molecule has 7 heteroatoms. The Morgan fingerprint density at radius 1 is 1.39 bits per heavy atom. The highest BCUT2D eigenvalue weighted by Crippen LogP contribution is 2.25. The lowest BCUT2D eigenvalue weighted by Crippen LogP contribution is -2.28. The van der Waals surface area contributed by atoms with Crippen molar-refractivity contribution in [1.82, 2.24) is 19.9 Å². The van der Waals surface area contributed by atoms with Crippen LogP contribution in [0.1, 0.15) is 24.5 Å². The van der Waals surface area contributed by atoms with E-state index >= 15 is 0 Å². The number of hydrogen-bond donors (Lipinski definition) is 2. The van der Waals surface area contributed by atoms with E-state index < -0.39 is 0 Å². The van der Waals surface area contributed by atoms with Crippen molar-refractivity contribution in [3.63, 3.8) is 0 Å². The zero-order valence-corrected chi connectivity index (χ0v) is 12.1. The molecule has 2 N–H and O–H groups in total. The highest BCUT2D eigenvalue weighted by Gasteiger charge is 2.19. The van der Waals surface area contributed by atoms with Crippen molar-refractivity contribution in [1.29, 1.82) is 0 Å². The molecule has 0 aromatic carbocycles. The third-order valence-electron chi connectivity index (χ3n) is 3.25. The highest BCUT2D eigenvalue weighted by atomic mass is 79.9. The van der Waals surface area contributed by atoms with Crippen LogP contribution >= 0.6 is 28.3 Å². The molecule has 0 unspecified atom stereocenters. The van der Waals surface area contributed by atoms with Crippen molar-refractivity contribution < 1.29 is 0 Å². The van der Waals surface area contributed by atoms with E-state index in [1.54, 1.807) is 12.3 Å². The molecule has 0 amide bonds. The van der Waals surface area contributed by atoms with E-state index in [-0.39, 0.29) is 18.0 Å². The van der Waals surface area contributed by atoms with Gasteiger partial charge in [-0.05, 0) is 41.9 Å². The van der Waals surface area contributed by atoms with Crippen LogP contribution in [0.3, 0.4) is 0 Å². The van der Waals surface area contributed by atoms with Gasteiger partial charge in [-0.15, -0.1) is 12.4 Å². The minimum absolute atomic E-state index is 0. The number of nitrogens with one attached hydrogen (secondary N) is 2. The fraction of sp³-hybridized carbons (Fsp3) is 0.455. The first kappa shape index (κ1) is 13.6. The van der Waals surface area contributed by atoms with Crippen LogP contribution in [0.4, 0.5) is 0 Å². The molecule has 1 fully saturated rings. The van der Waals surface area contributed by atoms with Crippen LogP contribution in [0.15, 0.2) is 21.5 Å². The van der Waals surface area contributed by atoms with E-state index in [4.69, 9.17) is 0 Å². The average Bonchev–Trinajstić information content (AvgIpc) is 2.72. The standard InChI is InChI=1S/C11H13BrN4O.ClH/c12-8-6-14-16-9(5-10(17)15-11(8)16)7-1-3-13-4-2-7;/h5-7,13H,1-4H2,(H,15,17);1H. The first-order valence-electron chi connectivity index (χ1n) is 5.73. The number of nitrogens with zero attached hydrogens (tertiary/aromatic N) is 2. The van der Waals surface area contributed by atoms with Gasteiger partial charge in [0.05, 0.1) is 16.4 Å². The molecule has 0 bridgehead atoms. The Morgan fingerprint density at radius 3 is 2.83 bits per heavy atom. The number of H-pyrrole nitrogens is 1. The highest BCUT2D eigenvalue weighted by molar-refractivity contribution is 9.10. The summed E-state index contributed by atoms with van der Waals surface area (Å²) in [5.74, 6) is 0.410. The first-order chi connectivity index (χ1) is 8.25. The van der Waals surface area contributed by atoms with Crippen LogP contribution < -0.4 is 10.9 Å². The van der Waals surface area contributed by atoms with Crippen LogP contribution in [0.25, 0.3) is 5.65 Å². The lowest BCUT2D eigenvalue weighted by molar-refractivity contribution is 0.446. The number of rotatable bonds is 1. The second kappa shape index (κ2) is 5.42. The smallest absolute Gasteiger partial charge is 0.251 e. The van der Waals surface area contributed by atoms with Gasteiger partial charge in [0, 0.05) is 12.0 Å². The number of fused-ring (bicyclic) bond motifs is 1. The molecule has 98 valence electrons. The van der Waals surface area contributed by atoms with Gasteiger partial charge < -0.3 is 10.3 Å². The Bertz CT molecular complexity index is 603. The molecule has 18 heavy (non-hydrogen) atoms. The molecule has 0 radical (unpaired) electrons. The number of hydrogen-bond acceptors (Lipinski definition) is 3. The normalized spacial score (nSPS) is 16.7. The predicted molar refractivity (Wildman–Crippen MR) is 75.6 cm³/mol. The van der Waals surface area contributed by atoms with Gasteiger partial charge in [-0.2, -0.15) is 5.10 Å². The van der Waals surface area contributed by atoms with Gasteiger partial charge in [0.2, 0.25) is 0 Å². The van der Waals surface area contributed by atoms with E-state index in [0.29, 0.717) is 5.92 Å². The van der Waals surface area contributed by atoms with Gasteiger partial charge in [-0.3, -0.25) is 4.79 Å². The number of aromatic nitrogens is 3. The van der Waals surface area contributed by atoms with E-state index in [1.807, 2.05) is 4.52 Å². The Kier molecular flexibility index (Phi) is 4.09. The summed E-state index contributed by atoms with van der Waals surface area (Å²) in [6.45, 7) is 2.00. The summed E-state index contributed by atoms with van der Waals surface area (Å²) in [6, 6.07) is 1.67. The molecule has 2 aromatic heterocycles. The van der Waals surface area contributed by atoms with Crippen LogP contribution in [0.5, 0.6) is 0 Å². The summed E-state index contributed by atoms with van der Waals surface area (Å²) in [4.78, 5) is 14.5. The number of piperidine rings is 1. The van der Waals surface area contributed by atoms with Crippen molar-refractivity contribution in [3.8, 4) is 0 Å². The van der Waals surface area contributed by atoms with Crippen LogP contribution in [0.2, 0.25) is 0 Å². The first-order valence-corrected chi connectivity index (χ1v) is 6.52. The Hall–Kier alpha value is -0.850. The monoisotopic (exact) mass is 332 g/mol. The van der Waals surface area contributed by atoms with E-state index in [9.17, 15) is 4.79 Å². The minimum Gasteiger partial charge on any atom is -0.317 e. The zero-order chi connectivity index (χ0) is 11.8. The third-order valence-corrected chi connectivity index (χ3v) is 3.83. The molecule has 0 saturated carbocycles. The van der Waals surface area contributed by atoms with Crippen LogP contribution in [-0.2, 0) is 0 Å². The van der Waals surface area contributed by atoms with Gasteiger partial charge >= 0.3 is 0 Å². The maximum Gasteiger partial charge on any atom is 0.251 e. The van der Waals surface area contributed by atoms with Gasteiger partial charge in [0.1, 0.15) is 0 Å². The second-order valence-corrected chi connectivity index (χ2v) is 5.19. The molecule has 0 atom stereocenters. The number of halogens is 2. The summed E-state index contributed by atoms with van der Waals surface area (Å²) < 4.78 is 2.66. The maximum atomic E-state index is 11.7. The van der Waals surface area contributed by atoms with Gasteiger partial charge in [-0.1, -0.05) is 0 Å². The molecule has 1 aliphatic rings. The summed E-state index contributed by atoms with van der Waals surface area (Å²) in [6.07, 6.45) is 3.82. The fourth-order valence-electron chi connectivity index (χ4n) is 2.39. The predicted octanol–water partition coefficient (Wildman–Crippen LogP) is 1.67. The molecule has 2 aromatic rings. The van der Waals surface area contributed by atoms with Crippen molar-refractivity contribution in [2.75, 3.05) is 13.1 Å². The molecule has 1 aliphatic heterocycles. The Labute approximate surface area is 119 Å². The zero-order valence-electron chi connectivity index (χ0n) is 9.65. The lowest BCUT2D eigenvalue weighted by Gasteiger charge is -2.23. The van der Waals surface area contributed by atoms with Crippen molar-refractivity contribution >= 4 is 34.0 Å². The third kappa shape index (κ3) is 2.32. The molecule has 1 saturated heterocycles. The Balaban J connectivity index is 0.00000120. The van der Waals surface area contributed by atoms with Gasteiger partial charge in [0.15, 0.2) is 5.65 Å². The maximum absolute atomic E-state index is 11.7. The molecular weight excluding hydrogens is 320 g/mol. The minimum atomic E-state index is -0.0627. The average molecular weight is 334 g/mol. The van der Waals surface area contributed by atoms with Crippen molar-refractivity contribution in [2.24, 2.45) is 0 Å². The summed E-state index contributed by atoms with van der Waals surface area (Å²) in [5.41, 5.74) is 1.69. The quantitative estimate of drug-likeness (QED) is 0.834. The van der Waals surface area contributed by atoms with Gasteiger partial charge in [0.25, 0.3) is 5.56 Å². The largest absolute Gasteiger partial charge is 0.317 e. The van der Waals surface area contributed by atoms with E-state index in [1.165, 1.54) is 0 Å². The summed E-state index contributed by atoms with van der Waals surface area (Å²) in [7, 11) is 0. The van der Waals surface area contributed by atoms with Crippen molar-refractivity contribution in [2.45, 2.75) is 18.8 Å². The van der Waals surface area contributed by atoms with E-state index in [2.05, 4.69) is 31.3 Å². The summed E-state index contributed by atoms with van der Waals surface area (Å²) in [5, 5.41) is 7.64. The van der Waals surface area contributed by atoms with Gasteiger partial charge in [-0.25, -0.2) is 4.52 Å². The fourth-order valence-corrected chi connectivity index (χ4v) is 2.75. The van der Waals surface area contributed by atoms with Crippen molar-refractivity contribution in [3.05, 3.63) is 32.8 Å². The molecule has 5 nitrogen and oxygen atoms in total. The molecule has 0 spiro atoms. The Morgan fingerprint density at radius 2 is 2.11 bits per heavy atom. The van der Waals surface area contributed by atoms with Crippen LogP contribution in [-0.4, -0.2) is 27.7 Å². The number of aromatic amines is 1. The molecule has 3 rings (SSSR count). The second-order valence-electron chi connectivity index (χ2n) is 4.34.